The van der Waals surface area contributed by atoms with Crippen molar-refractivity contribution in [3.63, 3.8) is 0 Å². The zero-order valence-corrected chi connectivity index (χ0v) is 47.6. The molecule has 3 heterocycles. The molecule has 380 valence electrons. The quantitative estimate of drug-likeness (QED) is 0.128. The van der Waals surface area contributed by atoms with Crippen LogP contribution >= 0.6 is 0 Å². The minimum absolute atomic E-state index is 0. The van der Waals surface area contributed by atoms with Crippen LogP contribution in [0.15, 0.2) is 182 Å². The molecule has 5 nitrogen and oxygen atoms in total. The zero-order chi connectivity index (χ0) is 51.7. The van der Waals surface area contributed by atoms with E-state index in [1.54, 1.807) is 0 Å². The fraction of sp³-hybridized carbons (Fsp3) is 0.265. The summed E-state index contributed by atoms with van der Waals surface area (Å²) < 4.78 is 9.26. The Kier molecular flexibility index (Phi) is 13.8. The second kappa shape index (κ2) is 19.5. The summed E-state index contributed by atoms with van der Waals surface area (Å²) in [6.45, 7) is 32.0. The Morgan fingerprint density at radius 1 is 0.473 bits per heavy atom. The van der Waals surface area contributed by atoms with Crippen LogP contribution < -0.4 is 14.5 Å². The number of pyridine rings is 1. The Labute approximate surface area is 455 Å². The van der Waals surface area contributed by atoms with Gasteiger partial charge in [-0.25, -0.2) is 4.98 Å². The summed E-state index contributed by atoms with van der Waals surface area (Å²) in [6, 6.07) is 66.4. The fourth-order valence-corrected chi connectivity index (χ4v) is 10.1. The SMILES string of the molecule is CC(C)(C)c1cc(N2[CH-]N(c3[c-]c(Oc4[c-]c5c(cc4)c4cc(C(C)(C)C)ccc4n5-c4cc(C(C)(C)c5ccccc5)ccn4)cc(-c4ccccc4)c3)C=C2C(C)(C)c2ccccc2)cc(C(C)(C)C)c1.[Pt]. The first-order valence-electron chi connectivity index (χ1n) is 25.8. The third-order valence-corrected chi connectivity index (χ3v) is 15.0. The van der Waals surface area contributed by atoms with E-state index in [0.29, 0.717) is 11.5 Å². The van der Waals surface area contributed by atoms with Crippen LogP contribution in [0.25, 0.3) is 38.8 Å². The van der Waals surface area contributed by atoms with Crippen LogP contribution in [0.2, 0.25) is 0 Å². The van der Waals surface area contributed by atoms with Crippen LogP contribution in [0.5, 0.6) is 11.5 Å². The van der Waals surface area contributed by atoms with Crippen molar-refractivity contribution in [2.75, 3.05) is 9.80 Å². The molecule has 0 saturated carbocycles. The summed E-state index contributed by atoms with van der Waals surface area (Å²) in [6.07, 6.45) is 4.21. The monoisotopic (exact) mass is 1150 g/mol. The van der Waals surface area contributed by atoms with Gasteiger partial charge in [-0.15, -0.1) is 53.6 Å². The molecule has 0 saturated heterocycles. The van der Waals surface area contributed by atoms with Gasteiger partial charge in [0.2, 0.25) is 0 Å². The standard InChI is InChI=1S/C68H69N4O.Pt/c1-64(2,3)50-29-32-60-59(40-50)58-31-30-56(43-61(58)72(60)63-41-51(33-34-69-63)67(10,11)48-25-19-15-20-26-48)73-57-36-47(46-23-17-14-18-24-46)35-54(42-57)70-44-62(68(12,13)49-27-21-16-22-28-49)71(45-70)55-38-52(65(4,5)6)37-53(39-55)66(7,8)9;/h14-41,44-45H,1-13H3;/q-3;. The number of nitrogens with zero attached hydrogens (tertiary/aromatic N) is 4. The maximum absolute atomic E-state index is 7.01. The van der Waals surface area contributed by atoms with Crippen LogP contribution in [-0.4, -0.2) is 9.55 Å². The summed E-state index contributed by atoms with van der Waals surface area (Å²) in [4.78, 5) is 9.66. The normalized spacial score (nSPS) is 13.6. The smallest absolute Gasteiger partial charge is 0.135 e. The molecule has 6 heteroatoms. The fourth-order valence-electron chi connectivity index (χ4n) is 10.1. The molecule has 1 aliphatic rings. The van der Waals surface area contributed by atoms with Crippen LogP contribution in [-0.2, 0) is 48.1 Å². The number of hydrogen-bond acceptors (Lipinski definition) is 4. The van der Waals surface area contributed by atoms with Crippen LogP contribution in [0.1, 0.15) is 123 Å². The van der Waals surface area contributed by atoms with Gasteiger partial charge in [-0.05, 0) is 97.1 Å². The minimum atomic E-state index is -0.370. The Bertz CT molecular complexity index is 3480. The van der Waals surface area contributed by atoms with Crippen LogP contribution in [0.4, 0.5) is 11.4 Å². The van der Waals surface area contributed by atoms with E-state index in [1.165, 1.54) is 33.4 Å². The molecule has 0 unspecified atom stereocenters. The Balaban J connectivity index is 0.00000672. The third-order valence-electron chi connectivity index (χ3n) is 15.0. The molecule has 0 amide bonds. The van der Waals surface area contributed by atoms with Crippen molar-refractivity contribution in [2.45, 2.75) is 117 Å². The molecule has 0 bridgehead atoms. The van der Waals surface area contributed by atoms with Gasteiger partial charge >= 0.3 is 0 Å². The molecule has 0 atom stereocenters. The first-order valence-corrected chi connectivity index (χ1v) is 25.8. The average Bonchev–Trinajstić information content (AvgIpc) is 3.97. The van der Waals surface area contributed by atoms with Gasteiger partial charge in [-0.1, -0.05) is 205 Å². The Morgan fingerprint density at radius 2 is 1.07 bits per heavy atom. The van der Waals surface area contributed by atoms with E-state index in [4.69, 9.17) is 9.72 Å². The van der Waals surface area contributed by atoms with E-state index in [-0.39, 0.29) is 48.1 Å². The van der Waals surface area contributed by atoms with E-state index in [1.807, 2.05) is 12.3 Å². The summed E-state index contributed by atoms with van der Waals surface area (Å²) in [5, 5.41) is 2.23. The van der Waals surface area contributed by atoms with E-state index in [2.05, 4.69) is 287 Å². The van der Waals surface area contributed by atoms with Gasteiger partial charge in [-0.2, -0.15) is 6.07 Å². The largest absolute Gasteiger partial charge is 0.509 e. The van der Waals surface area contributed by atoms with Crippen LogP contribution in [0, 0.1) is 18.8 Å². The number of ether oxygens (including phenoxy) is 1. The molecule has 2 aromatic heterocycles. The van der Waals surface area contributed by atoms with E-state index >= 15 is 0 Å². The average molecular weight is 1150 g/mol. The number of aromatic nitrogens is 2. The van der Waals surface area contributed by atoms with Gasteiger partial charge in [0.15, 0.2) is 0 Å². The minimum Gasteiger partial charge on any atom is -0.509 e. The molecule has 0 fully saturated rings. The van der Waals surface area contributed by atoms with Gasteiger partial charge in [0.1, 0.15) is 5.82 Å². The number of hydrogen-bond donors (Lipinski definition) is 0. The molecule has 0 spiro atoms. The van der Waals surface area contributed by atoms with Gasteiger partial charge in [-0.3, -0.25) is 0 Å². The van der Waals surface area contributed by atoms with E-state index in [9.17, 15) is 0 Å². The first-order chi connectivity index (χ1) is 34.6. The van der Waals surface area contributed by atoms with E-state index < -0.39 is 0 Å². The summed E-state index contributed by atoms with van der Waals surface area (Å²) in [5.74, 6) is 2.00. The van der Waals surface area contributed by atoms with Crippen molar-refractivity contribution in [1.29, 1.82) is 0 Å². The number of allylic oxidation sites excluding steroid dienone is 1. The summed E-state index contributed by atoms with van der Waals surface area (Å²) in [7, 11) is 0. The summed E-state index contributed by atoms with van der Waals surface area (Å²) >= 11 is 0. The second-order valence-electron chi connectivity index (χ2n) is 24.0. The molecule has 10 rings (SSSR count). The molecule has 74 heavy (non-hydrogen) atoms. The maximum Gasteiger partial charge on any atom is 0.135 e. The van der Waals surface area contributed by atoms with E-state index in [0.717, 1.165) is 55.8 Å². The van der Waals surface area contributed by atoms with Crippen molar-refractivity contribution in [2.24, 2.45) is 0 Å². The van der Waals surface area contributed by atoms with Gasteiger partial charge in [0, 0.05) is 66.5 Å². The number of benzene rings is 7. The van der Waals surface area contributed by atoms with Gasteiger partial charge < -0.3 is 19.1 Å². The first kappa shape index (κ1) is 52.2. The predicted molar refractivity (Wildman–Crippen MR) is 306 cm³/mol. The number of anilines is 2. The van der Waals surface area contributed by atoms with Crippen molar-refractivity contribution >= 4 is 33.2 Å². The third kappa shape index (κ3) is 10.1. The molecular weight excluding hydrogens is 1080 g/mol. The number of fused-ring (bicyclic) bond motifs is 3. The molecular formula is C68H69N4OPt-3. The Morgan fingerprint density at radius 3 is 1.68 bits per heavy atom. The molecule has 7 aromatic carbocycles. The van der Waals surface area contributed by atoms with Crippen molar-refractivity contribution < 1.29 is 25.8 Å². The predicted octanol–water partition coefficient (Wildman–Crippen LogP) is 17.7. The van der Waals surface area contributed by atoms with Gasteiger partial charge in [0.25, 0.3) is 0 Å². The Hall–Kier alpha value is -6.68. The zero-order valence-electron chi connectivity index (χ0n) is 45.3. The number of rotatable bonds is 10. The maximum atomic E-state index is 7.01. The van der Waals surface area contributed by atoms with Gasteiger partial charge in [0.05, 0.1) is 0 Å². The topological polar surface area (TPSA) is 33.5 Å². The van der Waals surface area contributed by atoms with Crippen molar-refractivity contribution in [3.8, 4) is 28.4 Å². The summed E-state index contributed by atoms with van der Waals surface area (Å²) in [5.41, 5.74) is 13.9. The molecule has 0 N–H and O–H groups in total. The molecule has 0 aliphatic carbocycles. The van der Waals surface area contributed by atoms with Crippen molar-refractivity contribution in [3.05, 3.63) is 234 Å². The molecule has 1 aliphatic heterocycles. The second-order valence-corrected chi connectivity index (χ2v) is 24.0. The van der Waals surface area contributed by atoms with Crippen LogP contribution in [0.3, 0.4) is 0 Å². The molecule has 0 radical (unpaired) electrons. The molecule has 9 aromatic rings. The van der Waals surface area contributed by atoms with Crippen molar-refractivity contribution in [1.82, 2.24) is 9.55 Å².